The van der Waals surface area contributed by atoms with Crippen LogP contribution in [0.4, 0.5) is 11.4 Å². The van der Waals surface area contributed by atoms with Crippen molar-refractivity contribution in [2.24, 2.45) is 5.73 Å². The highest BCUT2D eigenvalue weighted by Gasteiger charge is 2.29. The molecule has 1 atom stereocenters. The number of primary amides is 1. The molecule has 2 aliphatic heterocycles. The van der Waals surface area contributed by atoms with E-state index in [9.17, 15) is 14.4 Å². The molecule has 2 saturated heterocycles. The molecular weight excluding hydrogens is 380 g/mol. The third-order valence-corrected chi connectivity index (χ3v) is 5.82. The Morgan fingerprint density at radius 3 is 2.67 bits per heavy atom. The molecule has 7 nitrogen and oxygen atoms in total. The number of benzene rings is 2. The molecule has 3 N–H and O–H groups in total. The SMILES string of the molecule is NC(=O)C1CCCN1Cc1ccccc1NC(=O)c1cccc(N2CCCC2=O)c1. The number of hydrogen-bond donors (Lipinski definition) is 2. The van der Waals surface area contributed by atoms with E-state index in [1.807, 2.05) is 30.3 Å². The quantitative estimate of drug-likeness (QED) is 0.771. The number of rotatable bonds is 6. The minimum Gasteiger partial charge on any atom is -0.368 e. The minimum atomic E-state index is -0.303. The Balaban J connectivity index is 1.50. The number of carbonyl (C=O) groups is 3. The lowest BCUT2D eigenvalue weighted by Gasteiger charge is -2.23. The van der Waals surface area contributed by atoms with Crippen LogP contribution in [0.2, 0.25) is 0 Å². The van der Waals surface area contributed by atoms with Crippen LogP contribution in [-0.4, -0.2) is 41.8 Å². The highest BCUT2D eigenvalue weighted by molar-refractivity contribution is 6.06. The maximum Gasteiger partial charge on any atom is 0.255 e. The van der Waals surface area contributed by atoms with Crippen LogP contribution in [0.3, 0.4) is 0 Å². The first-order valence-corrected chi connectivity index (χ1v) is 10.4. The molecule has 0 saturated carbocycles. The van der Waals surface area contributed by atoms with E-state index in [2.05, 4.69) is 10.2 Å². The van der Waals surface area contributed by atoms with E-state index in [4.69, 9.17) is 5.73 Å². The molecule has 0 aromatic heterocycles. The molecule has 2 aromatic rings. The number of nitrogens with one attached hydrogen (secondary N) is 1. The summed E-state index contributed by atoms with van der Waals surface area (Å²) in [5.74, 6) is -0.446. The maximum atomic E-state index is 12.9. The second-order valence-corrected chi connectivity index (χ2v) is 7.84. The van der Waals surface area contributed by atoms with Crippen molar-refractivity contribution in [3.63, 3.8) is 0 Å². The van der Waals surface area contributed by atoms with Gasteiger partial charge in [-0.1, -0.05) is 24.3 Å². The molecule has 3 amide bonds. The van der Waals surface area contributed by atoms with Gasteiger partial charge in [-0.15, -0.1) is 0 Å². The van der Waals surface area contributed by atoms with Crippen molar-refractivity contribution < 1.29 is 14.4 Å². The van der Waals surface area contributed by atoms with Crippen molar-refractivity contribution in [1.82, 2.24) is 4.90 Å². The lowest BCUT2D eigenvalue weighted by Crippen LogP contribution is -2.39. The molecule has 0 spiro atoms. The third-order valence-electron chi connectivity index (χ3n) is 5.82. The summed E-state index contributed by atoms with van der Waals surface area (Å²) in [6.45, 7) is 2.04. The van der Waals surface area contributed by atoms with Crippen LogP contribution < -0.4 is 16.0 Å². The Morgan fingerprint density at radius 2 is 1.90 bits per heavy atom. The van der Waals surface area contributed by atoms with Crippen LogP contribution >= 0.6 is 0 Å². The summed E-state index contributed by atoms with van der Waals surface area (Å²) in [7, 11) is 0. The van der Waals surface area contributed by atoms with Crippen molar-refractivity contribution in [3.05, 3.63) is 59.7 Å². The van der Waals surface area contributed by atoms with Gasteiger partial charge in [0.25, 0.3) is 5.91 Å². The van der Waals surface area contributed by atoms with Gasteiger partial charge in [-0.25, -0.2) is 0 Å². The molecule has 1 unspecified atom stereocenters. The first-order chi connectivity index (χ1) is 14.5. The summed E-state index contributed by atoms with van der Waals surface area (Å²) in [5.41, 5.74) is 8.43. The summed E-state index contributed by atoms with van der Waals surface area (Å²) in [4.78, 5) is 40.4. The molecular formula is C23H26N4O3. The zero-order chi connectivity index (χ0) is 21.1. The zero-order valence-corrected chi connectivity index (χ0v) is 16.8. The van der Waals surface area contributed by atoms with Gasteiger partial charge in [0, 0.05) is 36.4 Å². The van der Waals surface area contributed by atoms with Gasteiger partial charge in [0.1, 0.15) is 0 Å². The molecule has 0 radical (unpaired) electrons. The number of amides is 3. The van der Waals surface area contributed by atoms with E-state index < -0.39 is 0 Å². The maximum absolute atomic E-state index is 12.9. The van der Waals surface area contributed by atoms with E-state index in [0.717, 1.165) is 37.1 Å². The second kappa shape index (κ2) is 8.67. The summed E-state index contributed by atoms with van der Waals surface area (Å²) in [5, 5.41) is 2.99. The lowest BCUT2D eigenvalue weighted by atomic mass is 10.1. The van der Waals surface area contributed by atoms with E-state index >= 15 is 0 Å². The monoisotopic (exact) mass is 406 g/mol. The molecule has 0 aliphatic carbocycles. The topological polar surface area (TPSA) is 95.7 Å². The van der Waals surface area contributed by atoms with Crippen LogP contribution in [0, 0.1) is 0 Å². The van der Waals surface area contributed by atoms with Crippen molar-refractivity contribution in [1.29, 1.82) is 0 Å². The van der Waals surface area contributed by atoms with Gasteiger partial charge in [-0.05, 0) is 55.6 Å². The van der Waals surface area contributed by atoms with Gasteiger partial charge < -0.3 is 16.0 Å². The molecule has 30 heavy (non-hydrogen) atoms. The van der Waals surface area contributed by atoms with Gasteiger partial charge in [0.2, 0.25) is 11.8 Å². The van der Waals surface area contributed by atoms with E-state index in [0.29, 0.717) is 30.8 Å². The van der Waals surface area contributed by atoms with Gasteiger partial charge in [-0.3, -0.25) is 19.3 Å². The van der Waals surface area contributed by atoms with E-state index in [1.54, 1.807) is 23.1 Å². The number of anilines is 2. The van der Waals surface area contributed by atoms with Gasteiger partial charge in [0.15, 0.2) is 0 Å². The Morgan fingerprint density at radius 1 is 1.07 bits per heavy atom. The number of para-hydroxylation sites is 1. The zero-order valence-electron chi connectivity index (χ0n) is 16.8. The fourth-order valence-corrected chi connectivity index (χ4v) is 4.27. The van der Waals surface area contributed by atoms with Crippen molar-refractivity contribution in [2.75, 3.05) is 23.3 Å². The Labute approximate surface area is 175 Å². The molecule has 7 heteroatoms. The van der Waals surface area contributed by atoms with E-state index in [1.165, 1.54) is 0 Å². The lowest BCUT2D eigenvalue weighted by molar-refractivity contribution is -0.122. The normalized spacial score (nSPS) is 19.3. The fraction of sp³-hybridized carbons (Fsp3) is 0.348. The van der Waals surface area contributed by atoms with Crippen LogP contribution in [-0.2, 0) is 16.1 Å². The van der Waals surface area contributed by atoms with Gasteiger partial charge in [0.05, 0.1) is 6.04 Å². The summed E-state index contributed by atoms with van der Waals surface area (Å²) < 4.78 is 0. The molecule has 4 rings (SSSR count). The smallest absolute Gasteiger partial charge is 0.255 e. The number of carbonyl (C=O) groups excluding carboxylic acids is 3. The average molecular weight is 406 g/mol. The molecule has 0 bridgehead atoms. The highest BCUT2D eigenvalue weighted by Crippen LogP contribution is 2.25. The van der Waals surface area contributed by atoms with Crippen LogP contribution in [0.15, 0.2) is 48.5 Å². The predicted octanol–water partition coefficient (Wildman–Crippen LogP) is 2.52. The Bertz CT molecular complexity index is 974. The summed E-state index contributed by atoms with van der Waals surface area (Å²) >= 11 is 0. The molecule has 2 heterocycles. The molecule has 156 valence electrons. The standard InChI is InChI=1S/C23H26N4O3/c24-22(29)20-10-4-12-26(20)15-17-6-1-2-9-19(17)25-23(30)16-7-3-8-18(14-16)27-13-5-11-21(27)28/h1-3,6-9,14,20H,4-5,10-13,15H2,(H2,24,29)(H,25,30). The molecule has 2 fully saturated rings. The van der Waals surface area contributed by atoms with Crippen molar-refractivity contribution in [3.8, 4) is 0 Å². The summed E-state index contributed by atoms with van der Waals surface area (Å²) in [6.07, 6.45) is 3.09. The Hall–Kier alpha value is -3.19. The van der Waals surface area contributed by atoms with Crippen molar-refractivity contribution >= 4 is 29.1 Å². The minimum absolute atomic E-state index is 0.0903. The fourth-order valence-electron chi connectivity index (χ4n) is 4.27. The van der Waals surface area contributed by atoms with Crippen LogP contribution in [0.5, 0.6) is 0 Å². The first-order valence-electron chi connectivity index (χ1n) is 10.4. The largest absolute Gasteiger partial charge is 0.368 e. The average Bonchev–Trinajstić information content (AvgIpc) is 3.38. The third kappa shape index (κ3) is 4.21. The van der Waals surface area contributed by atoms with E-state index in [-0.39, 0.29) is 23.8 Å². The summed E-state index contributed by atoms with van der Waals surface area (Å²) in [6, 6.07) is 14.5. The predicted molar refractivity (Wildman–Crippen MR) is 115 cm³/mol. The van der Waals surface area contributed by atoms with Crippen molar-refractivity contribution in [2.45, 2.75) is 38.3 Å². The molecule has 2 aliphatic rings. The number of hydrogen-bond acceptors (Lipinski definition) is 4. The number of nitrogens with two attached hydrogens (primary N) is 1. The second-order valence-electron chi connectivity index (χ2n) is 7.84. The first kappa shape index (κ1) is 20.1. The van der Waals surface area contributed by atoms with Gasteiger partial charge in [-0.2, -0.15) is 0 Å². The number of nitrogens with zero attached hydrogens (tertiary/aromatic N) is 2. The number of likely N-dealkylation sites (tertiary alicyclic amines) is 1. The van der Waals surface area contributed by atoms with Gasteiger partial charge >= 0.3 is 0 Å². The highest BCUT2D eigenvalue weighted by atomic mass is 16.2. The Kier molecular flexibility index (Phi) is 5.81. The van der Waals surface area contributed by atoms with Crippen LogP contribution in [0.1, 0.15) is 41.6 Å². The van der Waals surface area contributed by atoms with Crippen LogP contribution in [0.25, 0.3) is 0 Å². The molecule has 2 aromatic carbocycles.